The lowest BCUT2D eigenvalue weighted by atomic mass is 9.94. The van der Waals surface area contributed by atoms with Crippen LogP contribution in [-0.2, 0) is 4.79 Å². The number of hydrogen-bond donors (Lipinski definition) is 2. The summed E-state index contributed by atoms with van der Waals surface area (Å²) in [5, 5.41) is 14.6. The fraction of sp³-hybridized carbons (Fsp3) is 0.643. The van der Waals surface area contributed by atoms with Crippen LogP contribution < -0.4 is 5.32 Å². The van der Waals surface area contributed by atoms with Crippen LogP contribution in [0.5, 0.6) is 0 Å². The minimum atomic E-state index is -0.804. The minimum Gasteiger partial charge on any atom is -0.480 e. The highest BCUT2D eigenvalue weighted by Gasteiger charge is 2.32. The first-order chi connectivity index (χ1) is 8.94. The molecule has 1 rings (SSSR count). The zero-order valence-electron chi connectivity index (χ0n) is 11.8. The van der Waals surface area contributed by atoms with Gasteiger partial charge in [0.25, 0.3) is 0 Å². The van der Waals surface area contributed by atoms with Crippen LogP contribution in [0.25, 0.3) is 0 Å². The fourth-order valence-corrected chi connectivity index (χ4v) is 3.84. The van der Waals surface area contributed by atoms with E-state index in [4.69, 9.17) is 0 Å². The molecule has 0 saturated heterocycles. The van der Waals surface area contributed by atoms with Crippen molar-refractivity contribution in [3.05, 3.63) is 17.5 Å². The summed E-state index contributed by atoms with van der Waals surface area (Å²) in [7, 11) is 0. The van der Waals surface area contributed by atoms with E-state index in [0.717, 1.165) is 18.6 Å². The predicted molar refractivity (Wildman–Crippen MR) is 83.2 cm³/mol. The van der Waals surface area contributed by atoms with Crippen molar-refractivity contribution in [2.45, 2.75) is 55.8 Å². The average molecular weight is 301 g/mol. The maximum absolute atomic E-state index is 11.3. The van der Waals surface area contributed by atoms with Crippen molar-refractivity contribution in [2.24, 2.45) is 0 Å². The molecule has 0 aliphatic rings. The van der Waals surface area contributed by atoms with Gasteiger partial charge in [-0.15, -0.1) is 23.1 Å². The Bertz CT molecular complexity index is 379. The molecule has 5 heteroatoms. The molecule has 1 aromatic heterocycles. The SMILES string of the molecule is CC(C)NC(C)(CCCCSc1cccs1)C(=O)O. The normalized spacial score (nSPS) is 14.5. The average Bonchev–Trinajstić information content (AvgIpc) is 2.80. The number of carboxylic acids is 1. The van der Waals surface area contributed by atoms with Crippen molar-refractivity contribution in [1.29, 1.82) is 0 Å². The van der Waals surface area contributed by atoms with Gasteiger partial charge in [-0.3, -0.25) is 10.1 Å². The molecular formula is C14H23NO2S2. The van der Waals surface area contributed by atoms with Crippen LogP contribution in [0, 0.1) is 0 Å². The number of hydrogen-bond acceptors (Lipinski definition) is 4. The fourth-order valence-electron chi connectivity index (χ4n) is 1.98. The number of thioether (sulfide) groups is 1. The van der Waals surface area contributed by atoms with E-state index in [9.17, 15) is 9.90 Å². The maximum atomic E-state index is 11.3. The van der Waals surface area contributed by atoms with Crippen molar-refractivity contribution < 1.29 is 9.90 Å². The number of nitrogens with one attached hydrogen (secondary N) is 1. The summed E-state index contributed by atoms with van der Waals surface area (Å²) in [5.74, 6) is 0.296. The van der Waals surface area contributed by atoms with Gasteiger partial charge in [0.15, 0.2) is 0 Å². The van der Waals surface area contributed by atoms with Crippen LogP contribution in [0.1, 0.15) is 40.0 Å². The third-order valence-electron chi connectivity index (χ3n) is 2.89. The lowest BCUT2D eigenvalue weighted by Gasteiger charge is -2.28. The first kappa shape index (κ1) is 16.5. The number of rotatable bonds is 9. The molecule has 0 aromatic carbocycles. The summed E-state index contributed by atoms with van der Waals surface area (Å²) in [6.45, 7) is 5.74. The van der Waals surface area contributed by atoms with Gasteiger partial charge in [-0.2, -0.15) is 0 Å². The number of aliphatic carboxylic acids is 1. The summed E-state index contributed by atoms with van der Waals surface area (Å²) in [6.07, 6.45) is 2.65. The molecule has 1 aromatic rings. The Kier molecular flexibility index (Phi) is 6.89. The summed E-state index contributed by atoms with van der Waals surface area (Å²) in [6, 6.07) is 4.36. The second-order valence-electron chi connectivity index (χ2n) is 5.17. The molecular weight excluding hydrogens is 278 g/mol. The van der Waals surface area contributed by atoms with Gasteiger partial charge in [-0.25, -0.2) is 0 Å². The Morgan fingerprint density at radius 3 is 2.79 bits per heavy atom. The molecule has 0 aliphatic carbocycles. The highest BCUT2D eigenvalue weighted by molar-refractivity contribution is 8.01. The Morgan fingerprint density at radius 1 is 1.53 bits per heavy atom. The molecule has 1 atom stereocenters. The molecule has 0 bridgehead atoms. The lowest BCUT2D eigenvalue weighted by molar-refractivity contribution is -0.144. The lowest BCUT2D eigenvalue weighted by Crippen LogP contribution is -2.52. The van der Waals surface area contributed by atoms with Gasteiger partial charge in [0, 0.05) is 6.04 Å². The Labute approximate surface area is 123 Å². The van der Waals surface area contributed by atoms with Gasteiger partial charge in [0.05, 0.1) is 4.21 Å². The van der Waals surface area contributed by atoms with E-state index in [2.05, 4.69) is 22.8 Å². The monoisotopic (exact) mass is 301 g/mol. The van der Waals surface area contributed by atoms with E-state index < -0.39 is 11.5 Å². The largest absolute Gasteiger partial charge is 0.480 e. The molecule has 0 aliphatic heterocycles. The second-order valence-corrected chi connectivity index (χ2v) is 7.52. The minimum absolute atomic E-state index is 0.182. The van der Waals surface area contributed by atoms with E-state index in [1.807, 2.05) is 25.6 Å². The van der Waals surface area contributed by atoms with Gasteiger partial charge in [-0.1, -0.05) is 12.5 Å². The molecule has 19 heavy (non-hydrogen) atoms. The molecule has 0 amide bonds. The summed E-state index contributed by atoms with van der Waals surface area (Å²) in [5.41, 5.74) is -0.804. The second kappa shape index (κ2) is 7.92. The summed E-state index contributed by atoms with van der Waals surface area (Å²) < 4.78 is 1.33. The molecule has 2 N–H and O–H groups in total. The standard InChI is InChI=1S/C14H23NO2S2/c1-11(2)15-14(3,13(16)17)8-4-5-9-18-12-7-6-10-19-12/h6-7,10-11,15H,4-5,8-9H2,1-3H3,(H,16,17). The highest BCUT2D eigenvalue weighted by Crippen LogP contribution is 2.25. The number of unbranched alkanes of at least 4 members (excludes halogenated alkanes) is 1. The van der Waals surface area contributed by atoms with E-state index in [1.54, 1.807) is 18.3 Å². The first-order valence-electron chi connectivity index (χ1n) is 6.61. The zero-order chi connectivity index (χ0) is 14.3. The molecule has 3 nitrogen and oxygen atoms in total. The van der Waals surface area contributed by atoms with Gasteiger partial charge in [-0.05, 0) is 50.8 Å². The van der Waals surface area contributed by atoms with Gasteiger partial charge in [0.1, 0.15) is 5.54 Å². The molecule has 0 radical (unpaired) electrons. The topological polar surface area (TPSA) is 49.3 Å². The van der Waals surface area contributed by atoms with Crippen LogP contribution in [0.4, 0.5) is 0 Å². The van der Waals surface area contributed by atoms with Crippen molar-refractivity contribution in [3.8, 4) is 0 Å². The van der Waals surface area contributed by atoms with Gasteiger partial charge in [0.2, 0.25) is 0 Å². The predicted octanol–water partition coefficient (Wildman–Crippen LogP) is 3.85. The molecule has 0 fully saturated rings. The van der Waals surface area contributed by atoms with E-state index in [-0.39, 0.29) is 6.04 Å². The van der Waals surface area contributed by atoms with Crippen molar-refractivity contribution in [1.82, 2.24) is 5.32 Å². The molecule has 1 heterocycles. The molecule has 0 spiro atoms. The van der Waals surface area contributed by atoms with Crippen LogP contribution >= 0.6 is 23.1 Å². The van der Waals surface area contributed by atoms with Gasteiger partial charge >= 0.3 is 5.97 Å². The Morgan fingerprint density at radius 2 is 2.26 bits per heavy atom. The number of thiophene rings is 1. The quantitative estimate of drug-likeness (QED) is 0.537. The Hall–Kier alpha value is -0.520. The Balaban J connectivity index is 2.26. The van der Waals surface area contributed by atoms with Crippen molar-refractivity contribution >= 4 is 29.1 Å². The zero-order valence-corrected chi connectivity index (χ0v) is 13.4. The molecule has 0 saturated carbocycles. The highest BCUT2D eigenvalue weighted by atomic mass is 32.2. The molecule has 1 unspecified atom stereocenters. The van der Waals surface area contributed by atoms with Crippen LogP contribution in [-0.4, -0.2) is 28.4 Å². The van der Waals surface area contributed by atoms with E-state index in [0.29, 0.717) is 6.42 Å². The smallest absolute Gasteiger partial charge is 0.323 e. The van der Waals surface area contributed by atoms with E-state index in [1.165, 1.54) is 4.21 Å². The molecule has 108 valence electrons. The number of carbonyl (C=O) groups is 1. The first-order valence-corrected chi connectivity index (χ1v) is 8.48. The summed E-state index contributed by atoms with van der Waals surface area (Å²) in [4.78, 5) is 11.3. The van der Waals surface area contributed by atoms with Crippen LogP contribution in [0.15, 0.2) is 21.7 Å². The maximum Gasteiger partial charge on any atom is 0.323 e. The number of carboxylic acid groups (broad SMARTS) is 1. The van der Waals surface area contributed by atoms with E-state index >= 15 is 0 Å². The summed E-state index contributed by atoms with van der Waals surface area (Å²) >= 11 is 3.61. The van der Waals surface area contributed by atoms with Crippen LogP contribution in [0.2, 0.25) is 0 Å². The van der Waals surface area contributed by atoms with Crippen molar-refractivity contribution in [2.75, 3.05) is 5.75 Å². The third kappa shape index (κ3) is 5.97. The van der Waals surface area contributed by atoms with Crippen LogP contribution in [0.3, 0.4) is 0 Å². The van der Waals surface area contributed by atoms with Gasteiger partial charge < -0.3 is 5.11 Å². The van der Waals surface area contributed by atoms with Crippen molar-refractivity contribution in [3.63, 3.8) is 0 Å². The third-order valence-corrected chi connectivity index (χ3v) is 5.11.